The SMILES string of the molecule is CC(C)[C@@H](C(=O)O)N1C(=O)/C(=C/c2ccc(C=O)cc2)SC1=S. The van der Waals surface area contributed by atoms with Gasteiger partial charge in [-0.1, -0.05) is 62.1 Å². The van der Waals surface area contributed by atoms with Gasteiger partial charge >= 0.3 is 5.97 Å². The number of thioether (sulfide) groups is 1. The first-order valence-electron chi connectivity index (χ1n) is 6.90. The number of aldehydes is 1. The van der Waals surface area contributed by atoms with Gasteiger partial charge in [0.1, 0.15) is 16.6 Å². The lowest BCUT2D eigenvalue weighted by Gasteiger charge is -2.26. The maximum absolute atomic E-state index is 12.5. The summed E-state index contributed by atoms with van der Waals surface area (Å²) in [7, 11) is 0. The van der Waals surface area contributed by atoms with Crippen LogP contribution in [0.2, 0.25) is 0 Å². The molecule has 1 saturated heterocycles. The summed E-state index contributed by atoms with van der Waals surface area (Å²) in [6.45, 7) is 3.47. The number of aliphatic carboxylic acids is 1. The summed E-state index contributed by atoms with van der Waals surface area (Å²) in [5, 5.41) is 9.36. The van der Waals surface area contributed by atoms with E-state index in [1.165, 1.54) is 4.90 Å². The zero-order chi connectivity index (χ0) is 17.1. The molecule has 1 aromatic carbocycles. The van der Waals surface area contributed by atoms with Crippen molar-refractivity contribution < 1.29 is 19.5 Å². The van der Waals surface area contributed by atoms with E-state index >= 15 is 0 Å². The van der Waals surface area contributed by atoms with Crippen LogP contribution in [0.15, 0.2) is 29.2 Å². The number of carboxylic acids is 1. The van der Waals surface area contributed by atoms with Crippen LogP contribution in [0.3, 0.4) is 0 Å². The van der Waals surface area contributed by atoms with Gasteiger partial charge in [-0.3, -0.25) is 14.5 Å². The molecule has 1 aliphatic rings. The van der Waals surface area contributed by atoms with Crippen molar-refractivity contribution in [2.24, 2.45) is 5.92 Å². The zero-order valence-corrected chi connectivity index (χ0v) is 14.2. The number of hydrogen-bond acceptors (Lipinski definition) is 5. The van der Waals surface area contributed by atoms with Gasteiger partial charge in [-0.25, -0.2) is 4.79 Å². The van der Waals surface area contributed by atoms with E-state index in [1.54, 1.807) is 44.2 Å². The minimum Gasteiger partial charge on any atom is -0.480 e. The lowest BCUT2D eigenvalue weighted by atomic mass is 10.0. The van der Waals surface area contributed by atoms with Gasteiger partial charge in [-0.15, -0.1) is 0 Å². The summed E-state index contributed by atoms with van der Waals surface area (Å²) in [6, 6.07) is 5.74. The molecule has 1 aliphatic heterocycles. The van der Waals surface area contributed by atoms with Crippen LogP contribution in [0.4, 0.5) is 0 Å². The summed E-state index contributed by atoms with van der Waals surface area (Å²) in [5.74, 6) is -1.74. The van der Waals surface area contributed by atoms with Gasteiger partial charge in [0.2, 0.25) is 0 Å². The Morgan fingerprint density at radius 1 is 1.26 bits per heavy atom. The largest absolute Gasteiger partial charge is 0.480 e. The first-order valence-corrected chi connectivity index (χ1v) is 8.12. The van der Waals surface area contributed by atoms with Gasteiger partial charge in [0.05, 0.1) is 4.91 Å². The molecule has 2 rings (SSSR count). The van der Waals surface area contributed by atoms with Crippen LogP contribution in [-0.4, -0.2) is 38.5 Å². The number of rotatable bonds is 5. The molecule has 0 unspecified atom stereocenters. The summed E-state index contributed by atoms with van der Waals surface area (Å²) in [4.78, 5) is 36.2. The number of carboxylic acid groups (broad SMARTS) is 1. The Hall–Kier alpha value is -1.99. The highest BCUT2D eigenvalue weighted by Crippen LogP contribution is 2.35. The van der Waals surface area contributed by atoms with Crippen LogP contribution in [0.25, 0.3) is 6.08 Å². The standard InChI is InChI=1S/C16H15NO4S2/c1-9(2)13(15(20)21)17-14(19)12(23-16(17)22)7-10-3-5-11(8-18)6-4-10/h3-9,13H,1-2H3,(H,20,21)/b12-7-/t13-/m0/s1. The third kappa shape index (κ3) is 3.68. The Kier molecular flexibility index (Phi) is 5.33. The first kappa shape index (κ1) is 17.4. The second-order valence-electron chi connectivity index (χ2n) is 5.36. The van der Waals surface area contributed by atoms with Gasteiger partial charge in [-0.05, 0) is 17.6 Å². The Balaban J connectivity index is 2.31. The molecule has 1 N–H and O–H groups in total. The van der Waals surface area contributed by atoms with Gasteiger partial charge in [0.15, 0.2) is 0 Å². The molecule has 1 amide bonds. The molecule has 120 valence electrons. The molecule has 23 heavy (non-hydrogen) atoms. The molecule has 0 saturated carbocycles. The minimum absolute atomic E-state index is 0.242. The molecule has 0 aromatic heterocycles. The van der Waals surface area contributed by atoms with Crippen molar-refractivity contribution in [3.8, 4) is 0 Å². The normalized spacial score (nSPS) is 17.9. The highest BCUT2D eigenvalue weighted by Gasteiger charge is 2.41. The van der Waals surface area contributed by atoms with E-state index in [0.29, 0.717) is 10.5 Å². The number of carbonyl (C=O) groups excluding carboxylic acids is 2. The fourth-order valence-electron chi connectivity index (χ4n) is 2.24. The maximum atomic E-state index is 12.5. The molecule has 0 spiro atoms. The second kappa shape index (κ2) is 7.06. The lowest BCUT2D eigenvalue weighted by molar-refractivity contribution is -0.146. The minimum atomic E-state index is -1.08. The van der Waals surface area contributed by atoms with Crippen molar-refractivity contribution in [3.05, 3.63) is 40.3 Å². The molecule has 0 aliphatic carbocycles. The quantitative estimate of drug-likeness (QED) is 0.500. The molecular formula is C16H15NO4S2. The van der Waals surface area contributed by atoms with E-state index in [-0.39, 0.29) is 10.2 Å². The van der Waals surface area contributed by atoms with Crippen molar-refractivity contribution in [2.45, 2.75) is 19.9 Å². The highest BCUT2D eigenvalue weighted by atomic mass is 32.2. The molecule has 5 nitrogen and oxygen atoms in total. The topological polar surface area (TPSA) is 74.7 Å². The highest BCUT2D eigenvalue weighted by molar-refractivity contribution is 8.26. The van der Waals surface area contributed by atoms with Crippen LogP contribution in [0, 0.1) is 5.92 Å². The predicted molar refractivity (Wildman–Crippen MR) is 93.1 cm³/mol. The Morgan fingerprint density at radius 2 is 1.83 bits per heavy atom. The fourth-order valence-corrected chi connectivity index (χ4v) is 3.56. The lowest BCUT2D eigenvalue weighted by Crippen LogP contribution is -2.47. The van der Waals surface area contributed by atoms with Crippen molar-refractivity contribution in [1.29, 1.82) is 0 Å². The molecule has 1 atom stereocenters. The molecular weight excluding hydrogens is 334 g/mol. The van der Waals surface area contributed by atoms with Gasteiger partial charge in [-0.2, -0.15) is 0 Å². The number of benzene rings is 1. The third-order valence-electron chi connectivity index (χ3n) is 3.36. The number of thiocarbonyl (C=S) groups is 1. The average molecular weight is 349 g/mol. The van der Waals surface area contributed by atoms with Crippen LogP contribution >= 0.6 is 24.0 Å². The van der Waals surface area contributed by atoms with E-state index in [1.807, 2.05) is 0 Å². The summed E-state index contributed by atoms with van der Waals surface area (Å²) >= 11 is 6.27. The third-order valence-corrected chi connectivity index (χ3v) is 4.69. The van der Waals surface area contributed by atoms with Gasteiger partial charge in [0.25, 0.3) is 5.91 Å². The summed E-state index contributed by atoms with van der Waals surface area (Å²) in [6.07, 6.45) is 2.39. The van der Waals surface area contributed by atoms with Crippen LogP contribution in [0.5, 0.6) is 0 Å². The van der Waals surface area contributed by atoms with Crippen LogP contribution in [0.1, 0.15) is 29.8 Å². The number of hydrogen-bond donors (Lipinski definition) is 1. The monoisotopic (exact) mass is 349 g/mol. The average Bonchev–Trinajstić information content (AvgIpc) is 2.75. The Morgan fingerprint density at radius 3 is 2.30 bits per heavy atom. The maximum Gasteiger partial charge on any atom is 0.327 e. The molecule has 7 heteroatoms. The van der Waals surface area contributed by atoms with Gasteiger partial charge in [0, 0.05) is 5.56 Å². The number of amides is 1. The fraction of sp³-hybridized carbons (Fsp3) is 0.250. The van der Waals surface area contributed by atoms with Crippen molar-refractivity contribution in [1.82, 2.24) is 4.90 Å². The molecule has 1 aromatic rings. The Bertz CT molecular complexity index is 695. The van der Waals surface area contributed by atoms with E-state index in [9.17, 15) is 19.5 Å². The van der Waals surface area contributed by atoms with Crippen molar-refractivity contribution >= 4 is 52.5 Å². The molecule has 1 fully saturated rings. The first-order chi connectivity index (χ1) is 10.8. The smallest absolute Gasteiger partial charge is 0.327 e. The predicted octanol–water partition coefficient (Wildman–Crippen LogP) is 2.81. The summed E-state index contributed by atoms with van der Waals surface area (Å²) < 4.78 is 0.242. The van der Waals surface area contributed by atoms with Crippen molar-refractivity contribution in [2.75, 3.05) is 0 Å². The van der Waals surface area contributed by atoms with Crippen LogP contribution < -0.4 is 0 Å². The summed E-state index contributed by atoms with van der Waals surface area (Å²) in [5.41, 5.74) is 1.29. The van der Waals surface area contributed by atoms with Crippen LogP contribution in [-0.2, 0) is 9.59 Å². The van der Waals surface area contributed by atoms with Crippen molar-refractivity contribution in [3.63, 3.8) is 0 Å². The zero-order valence-electron chi connectivity index (χ0n) is 12.6. The number of nitrogens with zero attached hydrogens (tertiary/aromatic N) is 1. The Labute approximate surface area is 143 Å². The molecule has 0 bridgehead atoms. The van der Waals surface area contributed by atoms with Gasteiger partial charge < -0.3 is 5.11 Å². The van der Waals surface area contributed by atoms with E-state index in [4.69, 9.17) is 12.2 Å². The molecule has 0 radical (unpaired) electrons. The second-order valence-corrected chi connectivity index (χ2v) is 7.04. The van der Waals surface area contributed by atoms with E-state index in [2.05, 4.69) is 0 Å². The van der Waals surface area contributed by atoms with E-state index in [0.717, 1.165) is 23.6 Å². The van der Waals surface area contributed by atoms with E-state index < -0.39 is 17.9 Å². The molecule has 1 heterocycles. The number of carbonyl (C=O) groups is 3.